The zero-order valence-electron chi connectivity index (χ0n) is 8.34. The minimum Gasteiger partial charge on any atom is -0.324 e. The molecule has 0 aliphatic carbocycles. The highest BCUT2D eigenvalue weighted by Crippen LogP contribution is 2.40. The van der Waals surface area contributed by atoms with Gasteiger partial charge in [-0.1, -0.05) is 38.1 Å². The van der Waals surface area contributed by atoms with Crippen molar-refractivity contribution in [2.75, 3.05) is 0 Å². The van der Waals surface area contributed by atoms with Crippen LogP contribution in [0.15, 0.2) is 24.3 Å². The largest absolute Gasteiger partial charge is 0.329 e. The zero-order chi connectivity index (χ0) is 10.8. The third-order valence-electron chi connectivity index (χ3n) is 2.05. The van der Waals surface area contributed by atoms with E-state index in [1.807, 2.05) is 26.0 Å². The van der Waals surface area contributed by atoms with Gasteiger partial charge in [0.05, 0.1) is 6.16 Å². The van der Waals surface area contributed by atoms with Crippen LogP contribution in [0.5, 0.6) is 0 Å². The molecule has 0 saturated carbocycles. The maximum absolute atomic E-state index is 10.9. The van der Waals surface area contributed by atoms with Gasteiger partial charge < -0.3 is 9.79 Å². The summed E-state index contributed by atoms with van der Waals surface area (Å²) in [5, 5.41) is 0. The van der Waals surface area contributed by atoms with Crippen molar-refractivity contribution in [1.82, 2.24) is 0 Å². The molecule has 1 aromatic carbocycles. The van der Waals surface area contributed by atoms with Gasteiger partial charge in [0.2, 0.25) is 0 Å². The smallest absolute Gasteiger partial charge is 0.324 e. The summed E-state index contributed by atoms with van der Waals surface area (Å²) in [6, 6.07) is 7.37. The lowest BCUT2D eigenvalue weighted by molar-refractivity contribution is 0.371. The number of hydrogen-bond acceptors (Lipinski definition) is 1. The van der Waals surface area contributed by atoms with E-state index in [1.165, 1.54) is 0 Å². The lowest BCUT2D eigenvalue weighted by Gasteiger charge is -2.12. The molecule has 4 heteroatoms. The van der Waals surface area contributed by atoms with Crippen LogP contribution in [0.1, 0.15) is 30.9 Å². The Balaban J connectivity index is 3.02. The third kappa shape index (κ3) is 3.26. The van der Waals surface area contributed by atoms with E-state index in [-0.39, 0.29) is 12.1 Å². The van der Waals surface area contributed by atoms with Crippen LogP contribution >= 0.6 is 7.60 Å². The molecule has 0 atom stereocenters. The van der Waals surface area contributed by atoms with Crippen molar-refractivity contribution < 1.29 is 14.4 Å². The fraction of sp³-hybridized carbons (Fsp3) is 0.400. The van der Waals surface area contributed by atoms with Gasteiger partial charge in [-0.15, -0.1) is 0 Å². The van der Waals surface area contributed by atoms with Crippen LogP contribution in [0, 0.1) is 0 Å². The second kappa shape index (κ2) is 4.26. The normalized spacial score (nSPS) is 12.1. The second-order valence-corrected chi connectivity index (χ2v) is 5.32. The monoisotopic (exact) mass is 214 g/mol. The van der Waals surface area contributed by atoms with Crippen molar-refractivity contribution in [1.29, 1.82) is 0 Å². The molecular weight excluding hydrogens is 199 g/mol. The van der Waals surface area contributed by atoms with Crippen molar-refractivity contribution in [3.8, 4) is 0 Å². The van der Waals surface area contributed by atoms with Gasteiger partial charge in [0.1, 0.15) is 0 Å². The summed E-state index contributed by atoms with van der Waals surface area (Å²) in [5.74, 6) is 0.290. The molecule has 2 N–H and O–H groups in total. The molecule has 0 bridgehead atoms. The summed E-state index contributed by atoms with van der Waals surface area (Å²) in [5.41, 5.74) is 1.76. The Labute approximate surface area is 83.9 Å². The van der Waals surface area contributed by atoms with Crippen LogP contribution in [0.25, 0.3) is 0 Å². The van der Waals surface area contributed by atoms with Gasteiger partial charge in [0.15, 0.2) is 0 Å². The summed E-state index contributed by atoms with van der Waals surface area (Å²) in [6.45, 7) is 4.02. The summed E-state index contributed by atoms with van der Waals surface area (Å²) in [7, 11) is -3.95. The molecule has 0 spiro atoms. The van der Waals surface area contributed by atoms with Gasteiger partial charge in [0.25, 0.3) is 0 Å². The van der Waals surface area contributed by atoms with E-state index in [0.717, 1.165) is 11.1 Å². The first kappa shape index (κ1) is 11.4. The molecule has 14 heavy (non-hydrogen) atoms. The standard InChI is InChI=1S/C10H15O3P/c1-8(2)10-6-4-3-5-9(10)7-14(11,12)13/h3-6,8H,7H2,1-2H3,(H2,11,12,13). The van der Waals surface area contributed by atoms with E-state index in [0.29, 0.717) is 0 Å². The second-order valence-electron chi connectivity index (χ2n) is 3.68. The molecule has 0 radical (unpaired) electrons. The minimum atomic E-state index is -3.95. The lowest BCUT2D eigenvalue weighted by Crippen LogP contribution is -1.96. The Morgan fingerprint density at radius 2 is 1.86 bits per heavy atom. The van der Waals surface area contributed by atoms with Gasteiger partial charge in [-0.05, 0) is 17.0 Å². The Bertz CT molecular complexity index is 354. The highest BCUT2D eigenvalue weighted by atomic mass is 31.2. The Morgan fingerprint density at radius 3 is 2.36 bits per heavy atom. The van der Waals surface area contributed by atoms with Crippen LogP contribution in [-0.4, -0.2) is 9.79 Å². The zero-order valence-corrected chi connectivity index (χ0v) is 9.24. The van der Waals surface area contributed by atoms with Crippen LogP contribution in [0.3, 0.4) is 0 Å². The predicted molar refractivity (Wildman–Crippen MR) is 56.3 cm³/mol. The van der Waals surface area contributed by atoms with Gasteiger partial charge in [-0.3, -0.25) is 4.57 Å². The first-order valence-electron chi connectivity index (χ1n) is 4.52. The molecule has 0 aliphatic heterocycles. The molecule has 1 aromatic rings. The molecule has 0 fully saturated rings. The highest BCUT2D eigenvalue weighted by Gasteiger charge is 2.17. The summed E-state index contributed by atoms with van der Waals surface area (Å²) < 4.78 is 10.9. The number of rotatable bonds is 3. The molecule has 0 amide bonds. The average molecular weight is 214 g/mol. The molecular formula is C10H15O3P. The first-order chi connectivity index (χ1) is 6.40. The molecule has 0 aromatic heterocycles. The predicted octanol–water partition coefficient (Wildman–Crippen LogP) is 2.49. The molecule has 0 heterocycles. The average Bonchev–Trinajstić information content (AvgIpc) is 2.01. The third-order valence-corrected chi connectivity index (χ3v) is 2.81. The minimum absolute atomic E-state index is 0.165. The molecule has 1 rings (SSSR count). The maximum atomic E-state index is 10.9. The lowest BCUT2D eigenvalue weighted by atomic mass is 9.98. The van der Waals surface area contributed by atoms with Crippen molar-refractivity contribution >= 4 is 7.60 Å². The van der Waals surface area contributed by atoms with Crippen LogP contribution in [0.2, 0.25) is 0 Å². The quantitative estimate of drug-likeness (QED) is 0.760. The van der Waals surface area contributed by atoms with E-state index >= 15 is 0 Å². The van der Waals surface area contributed by atoms with E-state index in [1.54, 1.807) is 12.1 Å². The molecule has 0 aliphatic rings. The van der Waals surface area contributed by atoms with Crippen LogP contribution in [0.4, 0.5) is 0 Å². The van der Waals surface area contributed by atoms with Crippen LogP contribution in [-0.2, 0) is 10.7 Å². The number of benzene rings is 1. The van der Waals surface area contributed by atoms with Gasteiger partial charge in [-0.2, -0.15) is 0 Å². The molecule has 0 unspecified atom stereocenters. The topological polar surface area (TPSA) is 57.5 Å². The van der Waals surface area contributed by atoms with E-state index < -0.39 is 7.60 Å². The fourth-order valence-corrected chi connectivity index (χ4v) is 2.20. The van der Waals surface area contributed by atoms with Crippen molar-refractivity contribution in [2.45, 2.75) is 25.9 Å². The SMILES string of the molecule is CC(C)c1ccccc1CP(=O)(O)O. The van der Waals surface area contributed by atoms with E-state index in [4.69, 9.17) is 9.79 Å². The van der Waals surface area contributed by atoms with Gasteiger partial charge in [0, 0.05) is 0 Å². The first-order valence-corrected chi connectivity index (χ1v) is 6.32. The van der Waals surface area contributed by atoms with Gasteiger partial charge >= 0.3 is 7.60 Å². The van der Waals surface area contributed by atoms with Crippen molar-refractivity contribution in [3.63, 3.8) is 0 Å². The summed E-state index contributed by atoms with van der Waals surface area (Å²) in [4.78, 5) is 17.8. The summed E-state index contributed by atoms with van der Waals surface area (Å²) >= 11 is 0. The van der Waals surface area contributed by atoms with Crippen LogP contribution < -0.4 is 0 Å². The molecule has 0 saturated heterocycles. The van der Waals surface area contributed by atoms with Crippen molar-refractivity contribution in [2.24, 2.45) is 0 Å². The Kier molecular flexibility index (Phi) is 3.48. The van der Waals surface area contributed by atoms with Crippen molar-refractivity contribution in [3.05, 3.63) is 35.4 Å². The molecule has 3 nitrogen and oxygen atoms in total. The maximum Gasteiger partial charge on any atom is 0.329 e. The van der Waals surface area contributed by atoms with E-state index in [9.17, 15) is 4.57 Å². The Morgan fingerprint density at radius 1 is 1.29 bits per heavy atom. The molecule has 78 valence electrons. The number of hydrogen-bond donors (Lipinski definition) is 2. The fourth-order valence-electron chi connectivity index (χ4n) is 1.46. The summed E-state index contributed by atoms with van der Waals surface area (Å²) in [6.07, 6.45) is -0.165. The highest BCUT2D eigenvalue weighted by molar-refractivity contribution is 7.50. The Hall–Kier alpha value is -0.630. The van der Waals surface area contributed by atoms with E-state index in [2.05, 4.69) is 0 Å². The van der Waals surface area contributed by atoms with Gasteiger partial charge in [-0.25, -0.2) is 0 Å².